The van der Waals surface area contributed by atoms with Crippen molar-refractivity contribution in [1.82, 2.24) is 9.55 Å². The number of carbonyl (C=O) groups excluding carboxylic acids is 1. The Kier molecular flexibility index (Phi) is 3.01. The molecule has 0 aliphatic heterocycles. The van der Waals surface area contributed by atoms with Crippen LogP contribution in [0.4, 0.5) is 4.79 Å². The van der Waals surface area contributed by atoms with Gasteiger partial charge in [0.15, 0.2) is 0 Å². The molecule has 6 heteroatoms. The number of fused-ring (bicyclic) bond motifs is 1. The zero-order chi connectivity index (χ0) is 14.2. The summed E-state index contributed by atoms with van der Waals surface area (Å²) >= 11 is 0. The van der Waals surface area contributed by atoms with E-state index in [1.807, 2.05) is 0 Å². The number of carboxylic acid groups (broad SMARTS) is 1. The first-order chi connectivity index (χ1) is 8.78. The summed E-state index contributed by atoms with van der Waals surface area (Å²) in [6.07, 6.45) is 0.738. The van der Waals surface area contributed by atoms with Crippen molar-refractivity contribution >= 4 is 23.1 Å². The SMILES string of the molecule is CC(C)(C)OC(=O)n1cnc2ccc(C(=O)O)cc21. The molecular formula is C13H14N2O4. The lowest BCUT2D eigenvalue weighted by atomic mass is 10.2. The van der Waals surface area contributed by atoms with Gasteiger partial charge in [-0.25, -0.2) is 19.1 Å². The lowest BCUT2D eigenvalue weighted by molar-refractivity contribution is 0.0542. The van der Waals surface area contributed by atoms with E-state index < -0.39 is 17.7 Å². The zero-order valence-electron chi connectivity index (χ0n) is 10.9. The number of carboxylic acids is 1. The second-order valence-corrected chi connectivity index (χ2v) is 5.10. The number of aromatic carboxylic acids is 1. The van der Waals surface area contributed by atoms with Gasteiger partial charge >= 0.3 is 12.1 Å². The topological polar surface area (TPSA) is 81.4 Å². The minimum Gasteiger partial charge on any atom is -0.478 e. The van der Waals surface area contributed by atoms with Crippen LogP contribution in [0.2, 0.25) is 0 Å². The number of hydrogen-bond donors (Lipinski definition) is 1. The van der Waals surface area contributed by atoms with Crippen molar-refractivity contribution in [3.8, 4) is 0 Å². The van der Waals surface area contributed by atoms with Crippen LogP contribution >= 0.6 is 0 Å². The van der Waals surface area contributed by atoms with Crippen molar-refractivity contribution in [3.63, 3.8) is 0 Å². The summed E-state index contributed by atoms with van der Waals surface area (Å²) in [5.41, 5.74) is 0.417. The Morgan fingerprint density at radius 1 is 1.32 bits per heavy atom. The number of carbonyl (C=O) groups is 2. The third-order valence-corrected chi connectivity index (χ3v) is 2.38. The first-order valence-electron chi connectivity index (χ1n) is 5.72. The molecule has 0 fully saturated rings. The van der Waals surface area contributed by atoms with Gasteiger partial charge in [0, 0.05) is 0 Å². The summed E-state index contributed by atoms with van der Waals surface area (Å²) in [7, 11) is 0. The Bertz CT molecular complexity index is 652. The van der Waals surface area contributed by atoms with Gasteiger partial charge in [-0.15, -0.1) is 0 Å². The van der Waals surface area contributed by atoms with Gasteiger partial charge < -0.3 is 9.84 Å². The highest BCUT2D eigenvalue weighted by Crippen LogP contribution is 2.17. The first-order valence-corrected chi connectivity index (χ1v) is 5.72. The molecule has 0 aliphatic rings. The molecule has 2 rings (SSSR count). The molecule has 0 unspecified atom stereocenters. The van der Waals surface area contributed by atoms with Gasteiger partial charge in [0.05, 0.1) is 16.6 Å². The van der Waals surface area contributed by atoms with Crippen LogP contribution in [0.15, 0.2) is 24.5 Å². The summed E-state index contributed by atoms with van der Waals surface area (Å²) in [5, 5.41) is 8.95. The monoisotopic (exact) mass is 262 g/mol. The number of hydrogen-bond acceptors (Lipinski definition) is 4. The lowest BCUT2D eigenvalue weighted by Crippen LogP contribution is -2.26. The molecule has 1 N–H and O–H groups in total. The van der Waals surface area contributed by atoms with Gasteiger partial charge in [-0.3, -0.25) is 0 Å². The molecule has 0 saturated heterocycles. The van der Waals surface area contributed by atoms with Crippen molar-refractivity contribution in [2.75, 3.05) is 0 Å². The molecule has 1 aromatic heterocycles. The number of rotatable bonds is 1. The maximum atomic E-state index is 12.0. The lowest BCUT2D eigenvalue weighted by Gasteiger charge is -2.19. The van der Waals surface area contributed by atoms with Crippen LogP contribution < -0.4 is 0 Å². The molecule has 1 heterocycles. The number of nitrogens with zero attached hydrogens (tertiary/aromatic N) is 2. The number of imidazole rings is 1. The van der Waals surface area contributed by atoms with Crippen LogP contribution in [0, 0.1) is 0 Å². The van der Waals surface area contributed by atoms with E-state index in [0.29, 0.717) is 11.0 Å². The fourth-order valence-corrected chi connectivity index (χ4v) is 1.60. The van der Waals surface area contributed by atoms with E-state index >= 15 is 0 Å². The average molecular weight is 262 g/mol. The predicted octanol–water partition coefficient (Wildman–Crippen LogP) is 2.52. The summed E-state index contributed by atoms with van der Waals surface area (Å²) in [6, 6.07) is 4.39. The number of aromatic nitrogens is 2. The van der Waals surface area contributed by atoms with E-state index in [0.717, 1.165) is 0 Å². The van der Waals surface area contributed by atoms with Gasteiger partial charge in [0.2, 0.25) is 0 Å². The Labute approximate surface area is 109 Å². The zero-order valence-corrected chi connectivity index (χ0v) is 10.9. The van der Waals surface area contributed by atoms with Gasteiger partial charge in [0.1, 0.15) is 11.9 Å². The van der Waals surface area contributed by atoms with Crippen molar-refractivity contribution < 1.29 is 19.4 Å². The number of benzene rings is 1. The second kappa shape index (κ2) is 4.38. The summed E-state index contributed by atoms with van der Waals surface area (Å²) in [4.78, 5) is 26.9. The van der Waals surface area contributed by atoms with Crippen LogP contribution in [-0.4, -0.2) is 32.3 Å². The molecule has 0 radical (unpaired) electrons. The van der Waals surface area contributed by atoms with Crippen molar-refractivity contribution in [2.45, 2.75) is 26.4 Å². The summed E-state index contributed by atoms with van der Waals surface area (Å²) in [6.45, 7) is 5.27. The van der Waals surface area contributed by atoms with Crippen LogP contribution in [0.3, 0.4) is 0 Å². The average Bonchev–Trinajstić information content (AvgIpc) is 2.68. The van der Waals surface area contributed by atoms with Gasteiger partial charge in [-0.2, -0.15) is 0 Å². The second-order valence-electron chi connectivity index (χ2n) is 5.10. The molecule has 0 spiro atoms. The van der Waals surface area contributed by atoms with Crippen molar-refractivity contribution in [1.29, 1.82) is 0 Å². The highest BCUT2D eigenvalue weighted by Gasteiger charge is 2.20. The third-order valence-electron chi connectivity index (χ3n) is 2.38. The Morgan fingerprint density at radius 3 is 2.58 bits per heavy atom. The van der Waals surface area contributed by atoms with Crippen LogP contribution in [0.1, 0.15) is 31.1 Å². The van der Waals surface area contributed by atoms with E-state index in [1.165, 1.54) is 23.0 Å². The van der Waals surface area contributed by atoms with Crippen molar-refractivity contribution in [2.24, 2.45) is 0 Å². The van der Waals surface area contributed by atoms with Gasteiger partial charge in [-0.05, 0) is 39.0 Å². The van der Waals surface area contributed by atoms with E-state index in [9.17, 15) is 9.59 Å². The van der Waals surface area contributed by atoms with Crippen LogP contribution in [0.25, 0.3) is 11.0 Å². The van der Waals surface area contributed by atoms with E-state index in [2.05, 4.69) is 4.98 Å². The Morgan fingerprint density at radius 2 is 2.00 bits per heavy atom. The predicted molar refractivity (Wildman–Crippen MR) is 68.3 cm³/mol. The molecule has 0 bridgehead atoms. The molecule has 0 atom stereocenters. The van der Waals surface area contributed by atoms with Crippen molar-refractivity contribution in [3.05, 3.63) is 30.1 Å². The smallest absolute Gasteiger partial charge is 0.420 e. The van der Waals surface area contributed by atoms with Gasteiger partial charge in [0.25, 0.3) is 0 Å². The minimum absolute atomic E-state index is 0.0952. The Hall–Kier alpha value is -2.37. The van der Waals surface area contributed by atoms with E-state index in [4.69, 9.17) is 9.84 Å². The minimum atomic E-state index is -1.06. The maximum absolute atomic E-state index is 12.0. The highest BCUT2D eigenvalue weighted by molar-refractivity contribution is 5.94. The van der Waals surface area contributed by atoms with E-state index in [1.54, 1.807) is 26.8 Å². The maximum Gasteiger partial charge on any atom is 0.420 e. The molecular weight excluding hydrogens is 248 g/mol. The first kappa shape index (κ1) is 13.1. The standard InChI is InChI=1S/C13H14N2O4/c1-13(2,3)19-12(18)15-7-14-9-5-4-8(11(16)17)6-10(9)15/h4-7H,1-3H3,(H,16,17). The molecule has 6 nitrogen and oxygen atoms in total. The van der Waals surface area contributed by atoms with Crippen LogP contribution in [-0.2, 0) is 4.74 Å². The third kappa shape index (κ3) is 2.73. The fraction of sp³-hybridized carbons (Fsp3) is 0.308. The normalized spacial score (nSPS) is 11.5. The Balaban J connectivity index is 2.46. The molecule has 19 heavy (non-hydrogen) atoms. The van der Waals surface area contributed by atoms with Gasteiger partial charge in [-0.1, -0.05) is 0 Å². The number of ether oxygens (including phenoxy) is 1. The van der Waals surface area contributed by atoms with Crippen LogP contribution in [0.5, 0.6) is 0 Å². The fourth-order valence-electron chi connectivity index (χ4n) is 1.60. The van der Waals surface area contributed by atoms with E-state index in [-0.39, 0.29) is 5.56 Å². The summed E-state index contributed by atoms with van der Waals surface area (Å²) in [5.74, 6) is -1.06. The quantitative estimate of drug-likeness (QED) is 0.853. The molecule has 0 amide bonds. The molecule has 2 aromatic rings. The molecule has 1 aromatic carbocycles. The largest absolute Gasteiger partial charge is 0.478 e. The molecule has 0 aliphatic carbocycles. The molecule has 0 saturated carbocycles. The molecule has 100 valence electrons. The summed E-state index contributed by atoms with van der Waals surface area (Å²) < 4.78 is 6.43. The highest BCUT2D eigenvalue weighted by atomic mass is 16.6.